The summed E-state index contributed by atoms with van der Waals surface area (Å²) in [7, 11) is 0. The molecule has 0 amide bonds. The first kappa shape index (κ1) is 15.1. The van der Waals surface area contributed by atoms with Crippen molar-refractivity contribution in [2.24, 2.45) is 5.16 Å². The molecular formula is C13H16ClN5O2. The van der Waals surface area contributed by atoms with E-state index in [1.165, 1.54) is 0 Å². The van der Waals surface area contributed by atoms with Crippen LogP contribution in [-0.4, -0.2) is 26.9 Å². The van der Waals surface area contributed by atoms with Gasteiger partial charge in [-0.2, -0.15) is 0 Å². The van der Waals surface area contributed by atoms with Gasteiger partial charge in [0.25, 0.3) is 0 Å². The van der Waals surface area contributed by atoms with Gasteiger partial charge in [0.05, 0.1) is 0 Å². The summed E-state index contributed by atoms with van der Waals surface area (Å²) >= 11 is 5.91. The lowest BCUT2D eigenvalue weighted by Crippen LogP contribution is -2.28. The number of aromatic nitrogens is 2. The van der Waals surface area contributed by atoms with Crippen molar-refractivity contribution in [2.45, 2.75) is 26.3 Å². The van der Waals surface area contributed by atoms with Gasteiger partial charge in [-0.25, -0.2) is 4.63 Å². The molecule has 112 valence electrons. The second-order valence-corrected chi connectivity index (χ2v) is 5.86. The van der Waals surface area contributed by atoms with Gasteiger partial charge in [-0.05, 0) is 49.3 Å². The van der Waals surface area contributed by atoms with Crippen LogP contribution in [0.25, 0.3) is 0 Å². The van der Waals surface area contributed by atoms with E-state index in [2.05, 4.69) is 26.1 Å². The molecule has 0 aliphatic rings. The molecule has 0 atom stereocenters. The SMILES string of the molecule is CC(C)(C)Nc1nonc1/C(=N/O)Nc1cccc(Cl)c1. The van der Waals surface area contributed by atoms with Crippen LogP contribution in [0.3, 0.4) is 0 Å². The van der Waals surface area contributed by atoms with E-state index in [1.807, 2.05) is 20.8 Å². The van der Waals surface area contributed by atoms with Crippen molar-refractivity contribution < 1.29 is 9.84 Å². The van der Waals surface area contributed by atoms with Crippen molar-refractivity contribution >= 4 is 28.9 Å². The number of hydrogen-bond donors (Lipinski definition) is 3. The molecule has 0 aliphatic heterocycles. The monoisotopic (exact) mass is 309 g/mol. The molecule has 0 fully saturated rings. The number of oxime groups is 1. The van der Waals surface area contributed by atoms with Crippen LogP contribution in [0, 0.1) is 0 Å². The largest absolute Gasteiger partial charge is 0.409 e. The predicted molar refractivity (Wildman–Crippen MR) is 81.1 cm³/mol. The van der Waals surface area contributed by atoms with Crippen LogP contribution in [0.1, 0.15) is 26.5 Å². The summed E-state index contributed by atoms with van der Waals surface area (Å²) in [6.45, 7) is 5.89. The Kier molecular flexibility index (Phi) is 4.32. The normalized spacial score (nSPS) is 12.3. The molecule has 0 saturated carbocycles. The molecule has 3 N–H and O–H groups in total. The van der Waals surface area contributed by atoms with Gasteiger partial charge in [-0.15, -0.1) is 0 Å². The number of benzene rings is 1. The molecule has 1 aromatic carbocycles. The Hall–Kier alpha value is -2.28. The highest BCUT2D eigenvalue weighted by Crippen LogP contribution is 2.19. The summed E-state index contributed by atoms with van der Waals surface area (Å²) in [5.74, 6) is 0.482. The molecular weight excluding hydrogens is 294 g/mol. The van der Waals surface area contributed by atoms with E-state index >= 15 is 0 Å². The summed E-state index contributed by atoms with van der Waals surface area (Å²) in [6.07, 6.45) is 0. The maximum atomic E-state index is 9.21. The molecule has 1 heterocycles. The van der Waals surface area contributed by atoms with E-state index < -0.39 is 0 Å². The van der Waals surface area contributed by atoms with E-state index in [1.54, 1.807) is 24.3 Å². The molecule has 0 bridgehead atoms. The zero-order chi connectivity index (χ0) is 15.5. The highest BCUT2D eigenvalue weighted by molar-refractivity contribution is 6.31. The first-order valence-electron chi connectivity index (χ1n) is 6.25. The third-order valence-electron chi connectivity index (χ3n) is 2.39. The Morgan fingerprint density at radius 3 is 2.71 bits per heavy atom. The standard InChI is InChI=1S/C13H16ClN5O2/c1-13(2,3)16-12-10(18-21-19-12)11(17-20)15-9-6-4-5-8(14)7-9/h4-7,20H,1-3H3,(H,15,17)(H,16,19). The number of nitrogens with one attached hydrogen (secondary N) is 2. The summed E-state index contributed by atoms with van der Waals surface area (Å²) in [5, 5.41) is 26.5. The fourth-order valence-corrected chi connectivity index (χ4v) is 1.81. The number of halogens is 1. The van der Waals surface area contributed by atoms with Crippen molar-refractivity contribution in [1.29, 1.82) is 0 Å². The van der Waals surface area contributed by atoms with Gasteiger partial charge in [0.1, 0.15) is 0 Å². The summed E-state index contributed by atoms with van der Waals surface area (Å²) < 4.78 is 4.72. The van der Waals surface area contributed by atoms with Crippen molar-refractivity contribution in [3.63, 3.8) is 0 Å². The van der Waals surface area contributed by atoms with Crippen LogP contribution in [-0.2, 0) is 0 Å². The zero-order valence-corrected chi connectivity index (χ0v) is 12.6. The maximum absolute atomic E-state index is 9.21. The Bertz CT molecular complexity index is 648. The quantitative estimate of drug-likeness (QED) is 0.349. The summed E-state index contributed by atoms with van der Waals surface area (Å²) in [6, 6.07) is 6.99. The molecule has 2 rings (SSSR count). The number of anilines is 2. The highest BCUT2D eigenvalue weighted by Gasteiger charge is 2.21. The van der Waals surface area contributed by atoms with E-state index in [9.17, 15) is 5.21 Å². The van der Waals surface area contributed by atoms with Gasteiger partial charge >= 0.3 is 0 Å². The Morgan fingerprint density at radius 2 is 2.10 bits per heavy atom. The molecule has 21 heavy (non-hydrogen) atoms. The lowest BCUT2D eigenvalue weighted by atomic mass is 10.1. The molecule has 7 nitrogen and oxygen atoms in total. The average molecular weight is 310 g/mol. The zero-order valence-electron chi connectivity index (χ0n) is 11.9. The fourth-order valence-electron chi connectivity index (χ4n) is 1.62. The van der Waals surface area contributed by atoms with Crippen molar-refractivity contribution in [3.05, 3.63) is 35.0 Å². The van der Waals surface area contributed by atoms with Gasteiger partial charge in [-0.3, -0.25) is 0 Å². The first-order chi connectivity index (χ1) is 9.89. The van der Waals surface area contributed by atoms with Gasteiger partial charge in [0.15, 0.2) is 5.69 Å². The Balaban J connectivity index is 2.25. The van der Waals surface area contributed by atoms with E-state index in [0.717, 1.165) is 0 Å². The van der Waals surface area contributed by atoms with Gasteiger partial charge in [-0.1, -0.05) is 22.8 Å². The van der Waals surface area contributed by atoms with Crippen molar-refractivity contribution in [2.75, 3.05) is 10.6 Å². The van der Waals surface area contributed by atoms with Gasteiger partial charge in [0.2, 0.25) is 11.7 Å². The lowest BCUT2D eigenvalue weighted by molar-refractivity contribution is 0.304. The summed E-state index contributed by atoms with van der Waals surface area (Å²) in [4.78, 5) is 0. The van der Waals surface area contributed by atoms with Crippen LogP contribution in [0.4, 0.5) is 11.5 Å². The molecule has 2 aromatic rings. The minimum absolute atomic E-state index is 0.102. The van der Waals surface area contributed by atoms with Crippen LogP contribution < -0.4 is 10.6 Å². The van der Waals surface area contributed by atoms with Crippen LogP contribution in [0.5, 0.6) is 0 Å². The Morgan fingerprint density at radius 1 is 1.33 bits per heavy atom. The third-order valence-corrected chi connectivity index (χ3v) is 2.63. The van der Waals surface area contributed by atoms with E-state index in [4.69, 9.17) is 16.2 Å². The first-order valence-corrected chi connectivity index (χ1v) is 6.62. The predicted octanol–water partition coefficient (Wildman–Crippen LogP) is 3.18. The second-order valence-electron chi connectivity index (χ2n) is 5.42. The number of rotatable bonds is 3. The van der Waals surface area contributed by atoms with E-state index in [0.29, 0.717) is 16.5 Å². The van der Waals surface area contributed by atoms with E-state index in [-0.39, 0.29) is 17.1 Å². The van der Waals surface area contributed by atoms with Gasteiger partial charge in [0, 0.05) is 16.2 Å². The van der Waals surface area contributed by atoms with Crippen LogP contribution >= 0.6 is 11.6 Å². The molecule has 0 radical (unpaired) electrons. The topological polar surface area (TPSA) is 95.6 Å². The van der Waals surface area contributed by atoms with Crippen molar-refractivity contribution in [1.82, 2.24) is 10.3 Å². The van der Waals surface area contributed by atoms with Crippen LogP contribution in [0.15, 0.2) is 34.1 Å². The minimum atomic E-state index is -0.246. The number of nitrogens with zero attached hydrogens (tertiary/aromatic N) is 3. The minimum Gasteiger partial charge on any atom is -0.409 e. The highest BCUT2D eigenvalue weighted by atomic mass is 35.5. The smallest absolute Gasteiger partial charge is 0.203 e. The number of amidine groups is 1. The number of hydrogen-bond acceptors (Lipinski definition) is 6. The third kappa shape index (κ3) is 4.09. The molecule has 1 aromatic heterocycles. The van der Waals surface area contributed by atoms with Crippen LogP contribution in [0.2, 0.25) is 5.02 Å². The molecule has 0 saturated heterocycles. The van der Waals surface area contributed by atoms with Crippen molar-refractivity contribution in [3.8, 4) is 0 Å². The molecule has 0 spiro atoms. The summed E-state index contributed by atoms with van der Waals surface area (Å²) in [5.41, 5.74) is 0.677. The lowest BCUT2D eigenvalue weighted by Gasteiger charge is -2.20. The average Bonchev–Trinajstić information content (AvgIpc) is 2.82. The molecule has 0 aliphatic carbocycles. The molecule has 8 heteroatoms. The fraction of sp³-hybridized carbons (Fsp3) is 0.308. The Labute approximate surface area is 126 Å². The van der Waals surface area contributed by atoms with Gasteiger partial charge < -0.3 is 15.8 Å². The second kappa shape index (κ2) is 6.01. The molecule has 0 unspecified atom stereocenters. The maximum Gasteiger partial charge on any atom is 0.203 e.